The number of nitrogens with zero attached hydrogens (tertiary/aromatic N) is 4. The third kappa shape index (κ3) is 4.63. The Kier molecular flexibility index (Phi) is 6.08. The van der Waals surface area contributed by atoms with E-state index in [2.05, 4.69) is 21.6 Å². The highest BCUT2D eigenvalue weighted by Crippen LogP contribution is 2.25. The van der Waals surface area contributed by atoms with Crippen molar-refractivity contribution in [3.05, 3.63) is 65.7 Å². The summed E-state index contributed by atoms with van der Waals surface area (Å²) in [5, 5.41) is 0. The minimum atomic E-state index is -0.210. The van der Waals surface area contributed by atoms with E-state index >= 15 is 0 Å². The number of aromatic nitrogens is 2. The van der Waals surface area contributed by atoms with E-state index < -0.39 is 0 Å². The van der Waals surface area contributed by atoms with Crippen LogP contribution in [0, 0.1) is 11.7 Å². The zero-order valence-electron chi connectivity index (χ0n) is 18.3. The summed E-state index contributed by atoms with van der Waals surface area (Å²) in [5.74, 6) is 1.48. The van der Waals surface area contributed by atoms with Gasteiger partial charge in [0.2, 0.25) is 0 Å². The number of ether oxygens (including phenoxy) is 1. The summed E-state index contributed by atoms with van der Waals surface area (Å²) >= 11 is 0. The van der Waals surface area contributed by atoms with Gasteiger partial charge in [0.25, 0.3) is 0 Å². The molecule has 168 valence electrons. The molecule has 2 aromatic carbocycles. The fourth-order valence-electron chi connectivity index (χ4n) is 4.79. The second kappa shape index (κ2) is 9.28. The smallest absolute Gasteiger partial charge is 0.409 e. The molecule has 6 nitrogen and oxygen atoms in total. The predicted molar refractivity (Wildman–Crippen MR) is 121 cm³/mol. The number of carbonyl (C=O) groups excluding carboxylic acids is 1. The van der Waals surface area contributed by atoms with E-state index in [1.807, 2.05) is 24.3 Å². The van der Waals surface area contributed by atoms with Crippen LogP contribution in [0.5, 0.6) is 0 Å². The van der Waals surface area contributed by atoms with Crippen molar-refractivity contribution in [1.82, 2.24) is 19.4 Å². The normalized spacial score (nSPS) is 17.9. The number of piperidine rings is 1. The molecule has 0 unspecified atom stereocenters. The van der Waals surface area contributed by atoms with Crippen molar-refractivity contribution in [2.45, 2.75) is 25.8 Å². The number of amides is 1. The Morgan fingerprint density at radius 3 is 2.53 bits per heavy atom. The van der Waals surface area contributed by atoms with E-state index in [-0.39, 0.29) is 11.9 Å². The van der Waals surface area contributed by atoms with Crippen LogP contribution in [0.1, 0.15) is 24.2 Å². The molecular weight excluding hydrogens is 407 g/mol. The van der Waals surface area contributed by atoms with Crippen LogP contribution in [-0.2, 0) is 17.7 Å². The maximum atomic E-state index is 13.4. The molecule has 1 aromatic heterocycles. The van der Waals surface area contributed by atoms with Gasteiger partial charge >= 0.3 is 6.09 Å². The van der Waals surface area contributed by atoms with Gasteiger partial charge in [0.1, 0.15) is 18.2 Å². The van der Waals surface area contributed by atoms with Crippen molar-refractivity contribution in [1.29, 1.82) is 0 Å². The fourth-order valence-corrected chi connectivity index (χ4v) is 4.79. The Morgan fingerprint density at radius 2 is 1.78 bits per heavy atom. The number of likely N-dealkylation sites (tertiary alicyclic amines) is 1. The monoisotopic (exact) mass is 436 g/mol. The molecule has 0 aliphatic carbocycles. The molecule has 0 radical (unpaired) electrons. The highest BCUT2D eigenvalue weighted by Gasteiger charge is 2.25. The minimum Gasteiger partial charge on any atom is -0.448 e. The highest BCUT2D eigenvalue weighted by molar-refractivity contribution is 5.76. The van der Waals surface area contributed by atoms with Gasteiger partial charge in [-0.05, 0) is 61.7 Å². The minimum absolute atomic E-state index is 0.181. The van der Waals surface area contributed by atoms with Crippen molar-refractivity contribution in [2.75, 3.05) is 39.3 Å². The van der Waals surface area contributed by atoms with Gasteiger partial charge in [-0.15, -0.1) is 0 Å². The van der Waals surface area contributed by atoms with Crippen LogP contribution in [0.15, 0.2) is 48.5 Å². The number of benzene rings is 2. The first-order chi connectivity index (χ1) is 15.7. The molecule has 3 heterocycles. The molecule has 0 saturated carbocycles. The maximum Gasteiger partial charge on any atom is 0.409 e. The van der Waals surface area contributed by atoms with Gasteiger partial charge in [-0.25, -0.2) is 14.2 Å². The third-order valence-corrected chi connectivity index (χ3v) is 6.70. The first kappa shape index (κ1) is 20.9. The van der Waals surface area contributed by atoms with Gasteiger partial charge < -0.3 is 19.1 Å². The zero-order valence-corrected chi connectivity index (χ0v) is 18.3. The largest absolute Gasteiger partial charge is 0.448 e. The molecule has 0 atom stereocenters. The molecule has 7 heteroatoms. The topological polar surface area (TPSA) is 50.6 Å². The van der Waals surface area contributed by atoms with Crippen LogP contribution in [0.2, 0.25) is 0 Å². The number of halogens is 1. The van der Waals surface area contributed by atoms with E-state index in [1.54, 1.807) is 4.90 Å². The van der Waals surface area contributed by atoms with Crippen LogP contribution in [0.25, 0.3) is 11.0 Å². The lowest BCUT2D eigenvalue weighted by Gasteiger charge is -2.32. The lowest BCUT2D eigenvalue weighted by Crippen LogP contribution is -2.40. The zero-order chi connectivity index (χ0) is 21.9. The molecule has 0 bridgehead atoms. The number of hydrogen-bond acceptors (Lipinski definition) is 4. The van der Waals surface area contributed by atoms with E-state index in [4.69, 9.17) is 9.72 Å². The number of fused-ring (bicyclic) bond motifs is 1. The fraction of sp³-hybridized carbons (Fsp3) is 0.440. The predicted octanol–water partition coefficient (Wildman–Crippen LogP) is 3.93. The molecule has 32 heavy (non-hydrogen) atoms. The van der Waals surface area contributed by atoms with Crippen LogP contribution in [0.4, 0.5) is 9.18 Å². The summed E-state index contributed by atoms with van der Waals surface area (Å²) in [4.78, 5) is 20.8. The Hall–Kier alpha value is -2.93. The van der Waals surface area contributed by atoms with Gasteiger partial charge in [-0.3, -0.25) is 0 Å². The third-order valence-electron chi connectivity index (χ3n) is 6.70. The summed E-state index contributed by atoms with van der Waals surface area (Å²) in [7, 11) is 0. The summed E-state index contributed by atoms with van der Waals surface area (Å²) in [6, 6.07) is 15.0. The molecule has 2 aliphatic rings. The Morgan fingerprint density at radius 1 is 1.00 bits per heavy atom. The summed E-state index contributed by atoms with van der Waals surface area (Å²) in [5.41, 5.74) is 3.22. The van der Waals surface area contributed by atoms with Crippen LogP contribution >= 0.6 is 0 Å². The Labute approximate surface area is 187 Å². The van der Waals surface area contributed by atoms with E-state index in [0.29, 0.717) is 25.6 Å². The van der Waals surface area contributed by atoms with E-state index in [1.165, 1.54) is 12.1 Å². The van der Waals surface area contributed by atoms with Crippen LogP contribution in [-0.4, -0.2) is 64.8 Å². The standard InChI is InChI=1S/C25H29FN4O2/c26-21-7-5-20(6-8-21)18-30-23-4-2-1-3-22(23)27-24(30)17-19-9-11-28(12-10-19)13-14-29-15-16-32-25(29)31/h1-8,19H,9-18H2. The van der Waals surface area contributed by atoms with Crippen molar-refractivity contribution in [3.8, 4) is 0 Å². The molecule has 2 saturated heterocycles. The second-order valence-electron chi connectivity index (χ2n) is 8.82. The Balaban J connectivity index is 1.23. The van der Waals surface area contributed by atoms with Gasteiger partial charge in [-0.2, -0.15) is 0 Å². The lowest BCUT2D eigenvalue weighted by atomic mass is 9.93. The quantitative estimate of drug-likeness (QED) is 0.563. The highest BCUT2D eigenvalue weighted by atomic mass is 19.1. The van der Waals surface area contributed by atoms with Gasteiger partial charge in [0, 0.05) is 26.1 Å². The molecular formula is C25H29FN4O2. The lowest BCUT2D eigenvalue weighted by molar-refractivity contribution is 0.143. The summed E-state index contributed by atoms with van der Waals surface area (Å²) < 4.78 is 20.7. The second-order valence-corrected chi connectivity index (χ2v) is 8.82. The molecule has 0 N–H and O–H groups in total. The summed E-state index contributed by atoms with van der Waals surface area (Å²) in [6.45, 7) is 5.67. The SMILES string of the molecule is O=C1OCCN1CCN1CCC(Cc2nc3ccccc3n2Cc2ccc(F)cc2)CC1. The molecule has 1 amide bonds. The molecule has 3 aromatic rings. The average Bonchev–Trinajstić information content (AvgIpc) is 3.38. The van der Waals surface area contributed by atoms with E-state index in [9.17, 15) is 9.18 Å². The first-order valence-corrected chi connectivity index (χ1v) is 11.5. The number of cyclic esters (lactones) is 1. The van der Waals surface area contributed by atoms with E-state index in [0.717, 1.165) is 67.9 Å². The van der Waals surface area contributed by atoms with Gasteiger partial charge in [0.05, 0.1) is 17.6 Å². The van der Waals surface area contributed by atoms with Crippen molar-refractivity contribution < 1.29 is 13.9 Å². The van der Waals surface area contributed by atoms with Crippen molar-refractivity contribution in [3.63, 3.8) is 0 Å². The number of imidazole rings is 1. The van der Waals surface area contributed by atoms with Crippen molar-refractivity contribution in [2.24, 2.45) is 5.92 Å². The number of rotatable bonds is 7. The summed E-state index contributed by atoms with van der Waals surface area (Å²) in [6.07, 6.45) is 3.02. The Bertz CT molecular complexity index is 1070. The van der Waals surface area contributed by atoms with Gasteiger partial charge in [-0.1, -0.05) is 24.3 Å². The maximum absolute atomic E-state index is 13.4. The number of hydrogen-bond donors (Lipinski definition) is 0. The number of para-hydroxylation sites is 2. The molecule has 2 fully saturated rings. The van der Waals surface area contributed by atoms with Crippen LogP contribution in [0.3, 0.4) is 0 Å². The van der Waals surface area contributed by atoms with Crippen molar-refractivity contribution >= 4 is 17.1 Å². The first-order valence-electron chi connectivity index (χ1n) is 11.5. The molecule has 5 rings (SSSR count). The van der Waals surface area contributed by atoms with Crippen LogP contribution < -0.4 is 0 Å². The van der Waals surface area contributed by atoms with Gasteiger partial charge in [0.15, 0.2) is 0 Å². The number of carbonyl (C=O) groups is 1. The molecule has 2 aliphatic heterocycles. The molecule has 0 spiro atoms. The average molecular weight is 437 g/mol.